The number of pyridine rings is 2. The first-order chi connectivity index (χ1) is 14.3. The number of ether oxygens (including phenoxy) is 1. The molecule has 5 rings (SSSR count). The first-order valence-electron chi connectivity index (χ1n) is 10.1. The number of fused-ring (bicyclic) bond motifs is 1. The predicted molar refractivity (Wildman–Crippen MR) is 114 cm³/mol. The molecule has 0 bridgehead atoms. The molecular formula is C24H23CoN4O-. The number of hydrogen-bond acceptors (Lipinski definition) is 4. The molecule has 155 valence electrons. The Balaban J connectivity index is 0.00000218. The van der Waals surface area contributed by atoms with Gasteiger partial charge in [-0.05, 0) is 50.1 Å². The van der Waals surface area contributed by atoms with Gasteiger partial charge in [0.2, 0.25) is 5.88 Å². The van der Waals surface area contributed by atoms with Crippen LogP contribution in [-0.2, 0) is 16.8 Å². The number of benzene rings is 1. The van der Waals surface area contributed by atoms with E-state index in [-0.39, 0.29) is 22.9 Å². The van der Waals surface area contributed by atoms with Crippen molar-refractivity contribution in [3.8, 4) is 28.5 Å². The van der Waals surface area contributed by atoms with Crippen molar-refractivity contribution >= 4 is 11.0 Å². The summed E-state index contributed by atoms with van der Waals surface area (Å²) >= 11 is 0. The van der Waals surface area contributed by atoms with Crippen molar-refractivity contribution in [1.82, 2.24) is 19.9 Å². The van der Waals surface area contributed by atoms with Crippen LogP contribution in [0.25, 0.3) is 33.7 Å². The first-order valence-corrected chi connectivity index (χ1v) is 10.1. The molecule has 1 radical (unpaired) electrons. The minimum absolute atomic E-state index is 0. The molecule has 3 aromatic heterocycles. The topological polar surface area (TPSA) is 63.7 Å². The van der Waals surface area contributed by atoms with Crippen molar-refractivity contribution in [2.45, 2.75) is 38.7 Å². The number of rotatable bonds is 4. The summed E-state index contributed by atoms with van der Waals surface area (Å²) in [4.78, 5) is 17.2. The molecule has 1 N–H and O–H groups in total. The van der Waals surface area contributed by atoms with Crippen molar-refractivity contribution in [1.29, 1.82) is 0 Å². The number of para-hydroxylation sites is 2. The fourth-order valence-electron chi connectivity index (χ4n) is 3.79. The average molecular weight is 442 g/mol. The van der Waals surface area contributed by atoms with Crippen LogP contribution in [0.1, 0.15) is 31.2 Å². The van der Waals surface area contributed by atoms with Crippen LogP contribution in [-0.4, -0.2) is 26.0 Å². The summed E-state index contributed by atoms with van der Waals surface area (Å²) in [5.74, 6) is 1.56. The summed E-state index contributed by atoms with van der Waals surface area (Å²) in [6.45, 7) is 2.05. The van der Waals surface area contributed by atoms with Crippen LogP contribution in [0, 0.1) is 13.3 Å². The van der Waals surface area contributed by atoms with Crippen LogP contribution in [0.3, 0.4) is 0 Å². The van der Waals surface area contributed by atoms with E-state index in [0.29, 0.717) is 0 Å². The van der Waals surface area contributed by atoms with Crippen molar-refractivity contribution < 1.29 is 21.5 Å². The Kier molecular flexibility index (Phi) is 6.15. The van der Waals surface area contributed by atoms with E-state index in [1.54, 1.807) is 0 Å². The molecule has 30 heavy (non-hydrogen) atoms. The van der Waals surface area contributed by atoms with Gasteiger partial charge in [-0.2, -0.15) is 12.8 Å². The second-order valence-corrected chi connectivity index (χ2v) is 7.56. The van der Waals surface area contributed by atoms with Crippen molar-refractivity contribution in [3.63, 3.8) is 0 Å². The van der Waals surface area contributed by atoms with E-state index in [2.05, 4.69) is 32.4 Å². The van der Waals surface area contributed by atoms with Crippen molar-refractivity contribution in [2.75, 3.05) is 0 Å². The minimum Gasteiger partial charge on any atom is -0.474 e. The quantitative estimate of drug-likeness (QED) is 0.423. The average Bonchev–Trinajstić information content (AvgIpc) is 3.20. The maximum Gasteiger partial charge on any atom is 0.216 e. The van der Waals surface area contributed by atoms with E-state index in [9.17, 15) is 0 Å². The summed E-state index contributed by atoms with van der Waals surface area (Å²) in [6.07, 6.45) is 10.7. The van der Waals surface area contributed by atoms with Crippen molar-refractivity contribution in [3.05, 3.63) is 66.8 Å². The third-order valence-electron chi connectivity index (χ3n) is 5.42. The van der Waals surface area contributed by atoms with Gasteiger partial charge >= 0.3 is 0 Å². The Bertz CT molecular complexity index is 1100. The molecule has 4 aromatic rings. The van der Waals surface area contributed by atoms with Crippen LogP contribution in [0.2, 0.25) is 0 Å². The SMILES string of the molecule is Cc1cc(-c2ccc(-c3nc4ccccc4[nH]3)cn2)cnc1OC1CC[CH-]CC1.[Co]. The zero-order valence-electron chi connectivity index (χ0n) is 16.8. The summed E-state index contributed by atoms with van der Waals surface area (Å²) in [5, 5.41) is 0. The molecular weight excluding hydrogens is 419 g/mol. The first kappa shape index (κ1) is 20.6. The minimum atomic E-state index is 0. The standard InChI is InChI=1S/C24H23N4O.Co/c1-16-13-18(15-26-24(16)29-19-7-3-2-4-8-19)20-12-11-17(14-25-20)23-27-21-9-5-6-10-22(21)28-23;/h2,5-6,9-15,19H,3-4,7-8H2,1H3,(H,27,28);/q-1;. The van der Waals surface area contributed by atoms with E-state index in [1.807, 2.05) is 55.7 Å². The number of nitrogens with one attached hydrogen (secondary N) is 1. The molecule has 0 amide bonds. The van der Waals surface area contributed by atoms with Gasteiger partial charge in [0.15, 0.2) is 0 Å². The zero-order chi connectivity index (χ0) is 19.6. The molecule has 6 heteroatoms. The number of imidazole rings is 1. The monoisotopic (exact) mass is 442 g/mol. The molecule has 0 spiro atoms. The number of nitrogens with zero attached hydrogens (tertiary/aromatic N) is 3. The van der Waals surface area contributed by atoms with Crippen molar-refractivity contribution in [2.24, 2.45) is 0 Å². The van der Waals surface area contributed by atoms with Gasteiger partial charge < -0.3 is 16.1 Å². The Hall–Kier alpha value is -2.70. The Morgan fingerprint density at radius 2 is 1.80 bits per heavy atom. The molecule has 1 aromatic carbocycles. The van der Waals surface area contributed by atoms with Gasteiger partial charge in [-0.25, -0.2) is 9.97 Å². The summed E-state index contributed by atoms with van der Waals surface area (Å²) in [7, 11) is 0. The molecule has 1 saturated carbocycles. The molecule has 0 saturated heterocycles. The largest absolute Gasteiger partial charge is 0.474 e. The van der Waals surface area contributed by atoms with Gasteiger partial charge in [-0.3, -0.25) is 4.98 Å². The number of hydrogen-bond donors (Lipinski definition) is 1. The second kappa shape index (κ2) is 8.98. The van der Waals surface area contributed by atoms with Crippen LogP contribution >= 0.6 is 0 Å². The predicted octanol–water partition coefficient (Wildman–Crippen LogP) is 5.52. The smallest absolute Gasteiger partial charge is 0.216 e. The molecule has 0 aliphatic heterocycles. The molecule has 3 heterocycles. The van der Waals surface area contributed by atoms with E-state index in [1.165, 1.54) is 0 Å². The zero-order valence-corrected chi connectivity index (χ0v) is 17.8. The maximum atomic E-state index is 6.12. The van der Waals surface area contributed by atoms with Gasteiger partial charge in [-0.15, -0.1) is 0 Å². The molecule has 1 aliphatic rings. The molecule has 0 atom stereocenters. The van der Waals surface area contributed by atoms with Gasteiger partial charge in [0.05, 0.1) is 22.8 Å². The van der Waals surface area contributed by atoms with E-state index in [4.69, 9.17) is 4.74 Å². The normalized spacial score (nSPS) is 14.4. The summed E-state index contributed by atoms with van der Waals surface area (Å²) in [5.41, 5.74) is 5.86. The Morgan fingerprint density at radius 1 is 1.00 bits per heavy atom. The van der Waals surface area contributed by atoms with Crippen LogP contribution < -0.4 is 4.74 Å². The third kappa shape index (κ3) is 4.25. The Labute approximate surface area is 186 Å². The molecule has 1 fully saturated rings. The van der Waals surface area contributed by atoms with Gasteiger partial charge in [-0.1, -0.05) is 12.1 Å². The maximum absolute atomic E-state index is 6.12. The van der Waals surface area contributed by atoms with E-state index < -0.39 is 0 Å². The number of aromatic nitrogens is 4. The fraction of sp³-hybridized carbons (Fsp3) is 0.250. The second-order valence-electron chi connectivity index (χ2n) is 7.56. The number of H-pyrrole nitrogens is 1. The van der Waals surface area contributed by atoms with Gasteiger partial charge in [0.25, 0.3) is 0 Å². The van der Waals surface area contributed by atoms with Gasteiger partial charge in [0.1, 0.15) is 5.82 Å². The van der Waals surface area contributed by atoms with E-state index in [0.717, 1.165) is 70.8 Å². The molecule has 0 unspecified atom stereocenters. The molecule has 5 nitrogen and oxygen atoms in total. The summed E-state index contributed by atoms with van der Waals surface area (Å²) < 4.78 is 6.12. The van der Waals surface area contributed by atoms with Crippen LogP contribution in [0.15, 0.2) is 54.9 Å². The summed E-state index contributed by atoms with van der Waals surface area (Å²) in [6, 6.07) is 14.2. The molecule has 1 aliphatic carbocycles. The number of aryl methyl sites for hydroxylation is 1. The van der Waals surface area contributed by atoms with Crippen LogP contribution in [0.5, 0.6) is 5.88 Å². The fourth-order valence-corrected chi connectivity index (χ4v) is 3.79. The third-order valence-corrected chi connectivity index (χ3v) is 5.42. The Morgan fingerprint density at radius 3 is 2.53 bits per heavy atom. The number of aromatic amines is 1. The van der Waals surface area contributed by atoms with Gasteiger partial charge in [0, 0.05) is 45.9 Å². The van der Waals surface area contributed by atoms with E-state index >= 15 is 0 Å². The van der Waals surface area contributed by atoms with Crippen LogP contribution in [0.4, 0.5) is 0 Å².